The van der Waals surface area contributed by atoms with Crippen LogP contribution in [0, 0.1) is 0 Å². The van der Waals surface area contributed by atoms with Crippen molar-refractivity contribution in [1.29, 1.82) is 0 Å². The highest BCUT2D eigenvalue weighted by atomic mass is 79.9. The van der Waals surface area contributed by atoms with Crippen LogP contribution in [0.2, 0.25) is 0 Å². The first-order valence-corrected chi connectivity index (χ1v) is 7.63. The smallest absolute Gasteiger partial charge is 0.180 e. The highest BCUT2D eigenvalue weighted by Crippen LogP contribution is 2.24. The minimum Gasteiger partial charge on any atom is -0.507 e. The van der Waals surface area contributed by atoms with E-state index in [4.69, 9.17) is 5.84 Å². The molecule has 0 atom stereocenters. The average molecular weight is 369 g/mol. The molecular formula is C17H13BrN4O. The van der Waals surface area contributed by atoms with Gasteiger partial charge in [-0.1, -0.05) is 46.3 Å². The number of nitrogens with zero attached hydrogens (tertiary/aromatic N) is 3. The van der Waals surface area contributed by atoms with Crippen molar-refractivity contribution in [2.75, 3.05) is 0 Å². The fourth-order valence-corrected chi connectivity index (χ4v) is 2.54. The molecular weight excluding hydrogens is 356 g/mol. The maximum atomic E-state index is 10.0. The van der Waals surface area contributed by atoms with Crippen LogP contribution >= 0.6 is 15.9 Å². The number of hydrazone groups is 1. The van der Waals surface area contributed by atoms with E-state index in [1.165, 1.54) is 0 Å². The Kier molecular flexibility index (Phi) is 4.34. The quantitative estimate of drug-likeness (QED) is 0.421. The normalized spacial score (nSPS) is 11.4. The first kappa shape index (κ1) is 15.2. The van der Waals surface area contributed by atoms with Gasteiger partial charge < -0.3 is 10.9 Å². The van der Waals surface area contributed by atoms with Crippen LogP contribution in [0.3, 0.4) is 0 Å². The zero-order valence-corrected chi connectivity index (χ0v) is 13.6. The molecule has 0 amide bonds. The van der Waals surface area contributed by atoms with Crippen LogP contribution < -0.4 is 5.84 Å². The summed E-state index contributed by atoms with van der Waals surface area (Å²) >= 11 is 3.36. The third-order valence-electron chi connectivity index (χ3n) is 3.31. The largest absolute Gasteiger partial charge is 0.507 e. The van der Waals surface area contributed by atoms with Gasteiger partial charge in [0.15, 0.2) is 5.82 Å². The summed E-state index contributed by atoms with van der Waals surface area (Å²) in [7, 11) is 0. The number of phenols is 1. The van der Waals surface area contributed by atoms with Crippen molar-refractivity contribution in [2.45, 2.75) is 0 Å². The molecule has 0 spiro atoms. The van der Waals surface area contributed by atoms with Crippen LogP contribution in [0.5, 0.6) is 5.75 Å². The molecule has 0 unspecified atom stereocenters. The molecule has 0 saturated heterocycles. The molecule has 5 nitrogen and oxygen atoms in total. The molecule has 6 heteroatoms. The van der Waals surface area contributed by atoms with E-state index >= 15 is 0 Å². The van der Waals surface area contributed by atoms with Gasteiger partial charge in [-0.3, -0.25) is 0 Å². The van der Waals surface area contributed by atoms with Gasteiger partial charge in [-0.05, 0) is 23.8 Å². The van der Waals surface area contributed by atoms with Crippen LogP contribution in [0.4, 0.5) is 0 Å². The fraction of sp³-hybridized carbons (Fsp3) is 0. The average Bonchev–Trinajstić information content (AvgIpc) is 2.60. The summed E-state index contributed by atoms with van der Waals surface area (Å²) in [4.78, 5) is 8.65. The zero-order valence-electron chi connectivity index (χ0n) is 12.0. The van der Waals surface area contributed by atoms with Crippen molar-refractivity contribution >= 4 is 21.6 Å². The minimum atomic E-state index is 0.0631. The van der Waals surface area contributed by atoms with E-state index in [9.17, 15) is 5.11 Å². The number of hydrogen-bond acceptors (Lipinski definition) is 5. The van der Waals surface area contributed by atoms with Gasteiger partial charge >= 0.3 is 0 Å². The summed E-state index contributed by atoms with van der Waals surface area (Å²) in [6.45, 7) is 0. The molecule has 0 aliphatic carbocycles. The number of aromatic nitrogens is 2. The molecule has 114 valence electrons. The van der Waals surface area contributed by atoms with Gasteiger partial charge in [-0.15, -0.1) is 0 Å². The van der Waals surface area contributed by atoms with Crippen molar-refractivity contribution in [1.82, 2.24) is 9.97 Å². The Labute approximate surface area is 141 Å². The Balaban J connectivity index is 1.99. The number of aromatic hydroxyl groups is 1. The van der Waals surface area contributed by atoms with E-state index in [0.717, 1.165) is 15.6 Å². The standard InChI is InChI=1S/C17H13BrN4O/c18-13-6-7-15(23)14(8-13)16(22-19)17-20-9-12(10-21-17)11-4-2-1-3-5-11/h1-10,23H,19H2/b22-16+. The van der Waals surface area contributed by atoms with E-state index in [1.807, 2.05) is 30.3 Å². The molecule has 3 aromatic rings. The summed E-state index contributed by atoms with van der Waals surface area (Å²) in [5.41, 5.74) is 2.71. The number of benzene rings is 2. The molecule has 0 saturated carbocycles. The molecule has 0 radical (unpaired) electrons. The summed E-state index contributed by atoms with van der Waals surface area (Å²) in [5, 5.41) is 13.8. The molecule has 1 aromatic heterocycles. The van der Waals surface area contributed by atoms with Crippen LogP contribution in [0.25, 0.3) is 11.1 Å². The van der Waals surface area contributed by atoms with E-state index in [0.29, 0.717) is 17.1 Å². The van der Waals surface area contributed by atoms with Crippen molar-refractivity contribution in [3.05, 3.63) is 76.8 Å². The monoisotopic (exact) mass is 368 g/mol. The molecule has 1 heterocycles. The van der Waals surface area contributed by atoms with E-state index < -0.39 is 0 Å². The second-order valence-corrected chi connectivity index (χ2v) is 5.72. The van der Waals surface area contributed by atoms with Crippen LogP contribution in [-0.4, -0.2) is 20.8 Å². The molecule has 3 rings (SSSR count). The first-order valence-electron chi connectivity index (χ1n) is 6.83. The van der Waals surface area contributed by atoms with E-state index in [-0.39, 0.29) is 5.75 Å². The lowest BCUT2D eigenvalue weighted by Gasteiger charge is -2.08. The lowest BCUT2D eigenvalue weighted by Crippen LogP contribution is -2.11. The lowest BCUT2D eigenvalue weighted by molar-refractivity contribution is 0.474. The van der Waals surface area contributed by atoms with Gasteiger partial charge in [-0.2, -0.15) is 5.10 Å². The second kappa shape index (κ2) is 6.58. The summed E-state index contributed by atoms with van der Waals surface area (Å²) in [6.07, 6.45) is 3.41. The van der Waals surface area contributed by atoms with Gasteiger partial charge in [0.25, 0.3) is 0 Å². The van der Waals surface area contributed by atoms with Gasteiger partial charge in [0.05, 0.1) is 0 Å². The van der Waals surface area contributed by atoms with E-state index in [1.54, 1.807) is 30.6 Å². The van der Waals surface area contributed by atoms with Gasteiger partial charge in [0, 0.05) is 28.0 Å². The minimum absolute atomic E-state index is 0.0631. The number of halogens is 1. The van der Waals surface area contributed by atoms with Crippen LogP contribution in [0.15, 0.2) is 70.5 Å². The van der Waals surface area contributed by atoms with Crippen molar-refractivity contribution in [3.63, 3.8) is 0 Å². The van der Waals surface area contributed by atoms with Gasteiger partial charge in [0.2, 0.25) is 0 Å². The Bertz CT molecular complexity index is 848. The van der Waals surface area contributed by atoms with E-state index in [2.05, 4.69) is 31.0 Å². The Hall–Kier alpha value is -2.73. The maximum Gasteiger partial charge on any atom is 0.180 e. The van der Waals surface area contributed by atoms with Crippen molar-refractivity contribution < 1.29 is 5.11 Å². The number of hydrogen-bond donors (Lipinski definition) is 2. The third kappa shape index (κ3) is 3.22. The molecule has 23 heavy (non-hydrogen) atoms. The van der Waals surface area contributed by atoms with Crippen LogP contribution in [0.1, 0.15) is 11.4 Å². The predicted octanol–water partition coefficient (Wildman–Crippen LogP) is 3.32. The second-order valence-electron chi connectivity index (χ2n) is 4.80. The highest BCUT2D eigenvalue weighted by Gasteiger charge is 2.15. The van der Waals surface area contributed by atoms with Crippen molar-refractivity contribution in [2.24, 2.45) is 10.9 Å². The predicted molar refractivity (Wildman–Crippen MR) is 93.1 cm³/mol. The number of nitrogens with two attached hydrogens (primary N) is 1. The molecule has 2 aromatic carbocycles. The topological polar surface area (TPSA) is 84.4 Å². The Morgan fingerprint density at radius 2 is 1.70 bits per heavy atom. The zero-order chi connectivity index (χ0) is 16.2. The van der Waals surface area contributed by atoms with Crippen molar-refractivity contribution in [3.8, 4) is 16.9 Å². The summed E-state index contributed by atoms with van der Waals surface area (Å²) in [6, 6.07) is 14.8. The van der Waals surface area contributed by atoms with Gasteiger partial charge in [0.1, 0.15) is 11.5 Å². The summed E-state index contributed by atoms with van der Waals surface area (Å²) < 4.78 is 0.798. The molecule has 3 N–H and O–H groups in total. The number of phenolic OH excluding ortho intramolecular Hbond substituents is 1. The highest BCUT2D eigenvalue weighted by molar-refractivity contribution is 9.10. The molecule has 0 bridgehead atoms. The SMILES string of the molecule is N/N=C(/c1ncc(-c2ccccc2)cn1)c1cc(Br)ccc1O. The third-order valence-corrected chi connectivity index (χ3v) is 3.81. The number of rotatable bonds is 3. The van der Waals surface area contributed by atoms with Crippen LogP contribution in [-0.2, 0) is 0 Å². The molecule has 0 aliphatic heterocycles. The fourth-order valence-electron chi connectivity index (χ4n) is 2.18. The molecule has 0 fully saturated rings. The lowest BCUT2D eigenvalue weighted by atomic mass is 10.1. The molecule has 0 aliphatic rings. The summed E-state index contributed by atoms with van der Waals surface area (Å²) in [5.74, 6) is 5.90. The Morgan fingerprint density at radius 1 is 1.00 bits per heavy atom. The van der Waals surface area contributed by atoms with Gasteiger partial charge in [-0.25, -0.2) is 9.97 Å². The Morgan fingerprint density at radius 3 is 2.35 bits per heavy atom. The first-order chi connectivity index (χ1) is 11.2. The maximum absolute atomic E-state index is 10.0.